The average molecular weight is 502 g/mol. The molecule has 1 aliphatic heterocycles. The summed E-state index contributed by atoms with van der Waals surface area (Å²) in [5.74, 6) is 1.51. The third-order valence-electron chi connectivity index (χ3n) is 5.62. The SMILES string of the molecule is CCCCSc1n[n+]2c(c(=O)[nH]1)-c1ccccc1N(C(C)=O)[C@H]2c1cc(OC)c(OC)cc1Cl. The van der Waals surface area contributed by atoms with Gasteiger partial charge in [-0.1, -0.05) is 48.8 Å². The molecule has 0 unspecified atom stereocenters. The molecular formula is C24H26ClN4O4S+. The van der Waals surface area contributed by atoms with Crippen molar-refractivity contribution in [3.05, 3.63) is 57.3 Å². The van der Waals surface area contributed by atoms with Crippen molar-refractivity contribution in [2.75, 3.05) is 24.9 Å². The molecule has 34 heavy (non-hydrogen) atoms. The lowest BCUT2D eigenvalue weighted by Gasteiger charge is -2.31. The van der Waals surface area contributed by atoms with E-state index in [9.17, 15) is 9.59 Å². The number of nitrogens with one attached hydrogen (secondary N) is 1. The molecular weight excluding hydrogens is 476 g/mol. The number of hydrogen-bond acceptors (Lipinski definition) is 6. The number of fused-ring (bicyclic) bond motifs is 3. The fraction of sp³-hybridized carbons (Fsp3) is 0.333. The topological polar surface area (TPSA) is 88.4 Å². The largest absolute Gasteiger partial charge is 0.493 e. The minimum Gasteiger partial charge on any atom is -0.493 e. The van der Waals surface area contributed by atoms with Crippen molar-refractivity contribution in [2.45, 2.75) is 38.0 Å². The number of carbonyl (C=O) groups is 1. The zero-order valence-corrected chi connectivity index (χ0v) is 21.0. The van der Waals surface area contributed by atoms with Gasteiger partial charge in [0.15, 0.2) is 11.5 Å². The molecule has 0 bridgehead atoms. The van der Waals surface area contributed by atoms with E-state index in [1.54, 1.807) is 21.7 Å². The Hall–Kier alpha value is -3.04. The van der Waals surface area contributed by atoms with Gasteiger partial charge in [0, 0.05) is 23.8 Å². The molecule has 2 aromatic carbocycles. The molecule has 8 nitrogen and oxygen atoms in total. The van der Waals surface area contributed by atoms with E-state index in [2.05, 4.69) is 11.9 Å². The molecule has 1 N–H and O–H groups in total. The number of rotatable bonds is 7. The number of carbonyl (C=O) groups excluding carboxylic acids is 1. The van der Waals surface area contributed by atoms with Crippen molar-refractivity contribution < 1.29 is 19.0 Å². The van der Waals surface area contributed by atoms with Crippen molar-refractivity contribution in [1.29, 1.82) is 0 Å². The van der Waals surface area contributed by atoms with Gasteiger partial charge in [0.2, 0.25) is 11.1 Å². The van der Waals surface area contributed by atoms with Crippen LogP contribution in [0.3, 0.4) is 0 Å². The molecule has 0 saturated carbocycles. The molecule has 2 heterocycles. The van der Waals surface area contributed by atoms with Crippen molar-refractivity contribution in [3.8, 4) is 22.8 Å². The predicted molar refractivity (Wildman–Crippen MR) is 132 cm³/mol. The van der Waals surface area contributed by atoms with E-state index >= 15 is 0 Å². The van der Waals surface area contributed by atoms with E-state index in [4.69, 9.17) is 26.2 Å². The number of methoxy groups -OCH3 is 2. The lowest BCUT2D eigenvalue weighted by Crippen LogP contribution is -2.60. The summed E-state index contributed by atoms with van der Waals surface area (Å²) >= 11 is 8.18. The van der Waals surface area contributed by atoms with Crippen LogP contribution in [0.2, 0.25) is 5.02 Å². The summed E-state index contributed by atoms with van der Waals surface area (Å²) in [5.41, 5.74) is 1.84. The minimum atomic E-state index is -0.803. The molecule has 178 valence electrons. The lowest BCUT2D eigenvalue weighted by molar-refractivity contribution is -0.763. The van der Waals surface area contributed by atoms with Gasteiger partial charge in [-0.2, -0.15) is 0 Å². The highest BCUT2D eigenvalue weighted by molar-refractivity contribution is 7.99. The van der Waals surface area contributed by atoms with E-state index in [1.165, 1.54) is 32.9 Å². The van der Waals surface area contributed by atoms with Crippen LogP contribution >= 0.6 is 23.4 Å². The van der Waals surface area contributed by atoms with Gasteiger partial charge in [0.05, 0.1) is 36.1 Å². The van der Waals surface area contributed by atoms with Crippen LogP contribution in [0.4, 0.5) is 5.69 Å². The standard InChI is InChI=1S/C24H25ClN4O4S/c1-5-6-11-34-24-26-22(31)21-15-9-7-8-10-18(15)28(14(2)30)23(29(21)27-24)16-12-19(32-3)20(33-4)13-17(16)25/h7-10,12-13,23H,5-6,11H2,1-4H3/p+1/t23-/m1/s1. The van der Waals surface area contributed by atoms with Gasteiger partial charge >= 0.3 is 11.3 Å². The molecule has 0 aliphatic carbocycles. The van der Waals surface area contributed by atoms with Gasteiger partial charge in [-0.3, -0.25) is 14.6 Å². The number of benzene rings is 2. The summed E-state index contributed by atoms with van der Waals surface area (Å²) in [6.07, 6.45) is 1.22. The van der Waals surface area contributed by atoms with Crippen LogP contribution in [-0.4, -0.2) is 36.0 Å². The Kier molecular flexibility index (Phi) is 7.13. The molecule has 0 saturated heterocycles. The molecule has 0 radical (unpaired) electrons. The first-order valence-electron chi connectivity index (χ1n) is 10.9. The van der Waals surface area contributed by atoms with Gasteiger partial charge in [0.1, 0.15) is 0 Å². The van der Waals surface area contributed by atoms with Crippen molar-refractivity contribution in [2.24, 2.45) is 0 Å². The predicted octanol–water partition coefficient (Wildman–Crippen LogP) is 4.20. The van der Waals surface area contributed by atoms with Crippen LogP contribution < -0.4 is 24.6 Å². The van der Waals surface area contributed by atoms with E-state index < -0.39 is 6.17 Å². The monoisotopic (exact) mass is 501 g/mol. The van der Waals surface area contributed by atoms with Gasteiger partial charge in [-0.15, -0.1) is 0 Å². The normalized spacial score (nSPS) is 14.4. The Morgan fingerprint density at radius 3 is 2.62 bits per heavy atom. The molecule has 1 aliphatic rings. The number of nitrogens with zero attached hydrogens (tertiary/aromatic N) is 3. The maximum atomic E-state index is 13.3. The zero-order valence-electron chi connectivity index (χ0n) is 19.4. The molecule has 1 aromatic heterocycles. The molecule has 1 atom stereocenters. The zero-order chi connectivity index (χ0) is 24.4. The van der Waals surface area contributed by atoms with E-state index in [0.717, 1.165) is 18.6 Å². The van der Waals surface area contributed by atoms with Crippen LogP contribution in [0.25, 0.3) is 11.3 Å². The fourth-order valence-electron chi connectivity index (χ4n) is 4.04. The summed E-state index contributed by atoms with van der Waals surface area (Å²) in [7, 11) is 3.05. The highest BCUT2D eigenvalue weighted by Gasteiger charge is 2.46. The Morgan fingerprint density at radius 2 is 1.94 bits per heavy atom. The van der Waals surface area contributed by atoms with Crippen LogP contribution in [0, 0.1) is 0 Å². The number of amides is 1. The average Bonchev–Trinajstić information content (AvgIpc) is 2.82. The van der Waals surface area contributed by atoms with Crippen LogP contribution in [0.15, 0.2) is 46.3 Å². The third kappa shape index (κ3) is 4.25. The first-order chi connectivity index (χ1) is 16.4. The summed E-state index contributed by atoms with van der Waals surface area (Å²) in [4.78, 5) is 30.9. The van der Waals surface area contributed by atoms with E-state index in [-0.39, 0.29) is 11.5 Å². The number of para-hydroxylation sites is 1. The minimum absolute atomic E-state index is 0.219. The van der Waals surface area contributed by atoms with Gasteiger partial charge in [-0.05, 0) is 29.3 Å². The quantitative estimate of drug-likeness (QED) is 0.296. The molecule has 0 fully saturated rings. The van der Waals surface area contributed by atoms with Gasteiger partial charge in [0.25, 0.3) is 6.17 Å². The number of aromatic nitrogens is 3. The number of anilines is 1. The van der Waals surface area contributed by atoms with Crippen molar-refractivity contribution >= 4 is 35.0 Å². The Balaban J connectivity index is 2.02. The number of ether oxygens (including phenoxy) is 2. The first kappa shape index (κ1) is 24.1. The van der Waals surface area contributed by atoms with E-state index in [0.29, 0.717) is 44.2 Å². The Labute approximate surface area is 206 Å². The highest BCUT2D eigenvalue weighted by Crippen LogP contribution is 2.42. The second-order valence-corrected chi connectivity index (χ2v) is 9.25. The summed E-state index contributed by atoms with van der Waals surface area (Å²) in [6.45, 7) is 3.59. The number of unbranched alkanes of at least 4 members (excludes halogenated alkanes) is 1. The lowest BCUT2D eigenvalue weighted by atomic mass is 10.0. The Morgan fingerprint density at radius 1 is 1.24 bits per heavy atom. The number of aromatic amines is 1. The van der Waals surface area contributed by atoms with Gasteiger partial charge < -0.3 is 9.47 Å². The number of hydrogen-bond donors (Lipinski definition) is 1. The second kappa shape index (κ2) is 10.1. The summed E-state index contributed by atoms with van der Waals surface area (Å²) in [5, 5.41) is 5.61. The Bertz CT molecular complexity index is 1300. The molecule has 4 rings (SSSR count). The summed E-state index contributed by atoms with van der Waals surface area (Å²) < 4.78 is 12.5. The molecule has 0 spiro atoms. The number of thioether (sulfide) groups is 1. The van der Waals surface area contributed by atoms with Crippen LogP contribution in [0.5, 0.6) is 11.5 Å². The van der Waals surface area contributed by atoms with E-state index in [1.807, 2.05) is 24.3 Å². The van der Waals surface area contributed by atoms with Crippen molar-refractivity contribution in [3.63, 3.8) is 0 Å². The number of halogens is 1. The maximum absolute atomic E-state index is 13.3. The second-order valence-electron chi connectivity index (χ2n) is 7.76. The van der Waals surface area contributed by atoms with Crippen LogP contribution in [-0.2, 0) is 4.79 Å². The number of H-pyrrole nitrogens is 1. The van der Waals surface area contributed by atoms with Crippen LogP contribution in [0.1, 0.15) is 38.4 Å². The smallest absolute Gasteiger partial charge is 0.325 e. The molecule has 1 amide bonds. The van der Waals surface area contributed by atoms with Crippen molar-refractivity contribution in [1.82, 2.24) is 10.1 Å². The third-order valence-corrected chi connectivity index (χ3v) is 6.89. The highest BCUT2D eigenvalue weighted by atomic mass is 35.5. The van der Waals surface area contributed by atoms with Gasteiger partial charge in [-0.25, -0.2) is 4.90 Å². The first-order valence-corrected chi connectivity index (χ1v) is 12.3. The molecule has 3 aromatic rings. The summed E-state index contributed by atoms with van der Waals surface area (Å²) in [6, 6.07) is 10.6. The fourth-order valence-corrected chi connectivity index (χ4v) is 5.23. The molecule has 10 heteroatoms. The maximum Gasteiger partial charge on any atom is 0.325 e.